The molecule has 222 valence electrons. The van der Waals surface area contributed by atoms with Gasteiger partial charge in [0.25, 0.3) is 21.8 Å². The van der Waals surface area contributed by atoms with E-state index in [2.05, 4.69) is 28.9 Å². The Morgan fingerprint density at radius 1 is 0.975 bits per heavy atom. The molecule has 2 aromatic rings. The van der Waals surface area contributed by atoms with Crippen molar-refractivity contribution in [2.24, 2.45) is 11.7 Å². The Kier molecular flexibility index (Phi) is 14.2. The van der Waals surface area contributed by atoms with Crippen molar-refractivity contribution in [3.8, 4) is 5.75 Å². The molecule has 9 nitrogen and oxygen atoms in total. The van der Waals surface area contributed by atoms with Gasteiger partial charge in [-0.25, -0.2) is 4.98 Å². The van der Waals surface area contributed by atoms with Crippen molar-refractivity contribution in [1.29, 1.82) is 0 Å². The van der Waals surface area contributed by atoms with Crippen molar-refractivity contribution in [3.05, 3.63) is 46.6 Å². The predicted octanol–water partition coefficient (Wildman–Crippen LogP) is 6.41. The molecule has 1 atom stereocenters. The lowest BCUT2D eigenvalue weighted by Gasteiger charge is -2.18. The summed E-state index contributed by atoms with van der Waals surface area (Å²) in [7, 11) is -4.36. The summed E-state index contributed by atoms with van der Waals surface area (Å²) in [5.41, 5.74) is 4.69. The van der Waals surface area contributed by atoms with Crippen LogP contribution < -0.4 is 15.8 Å². The molecular formula is C29H43ClN4O5S. The number of amides is 2. The van der Waals surface area contributed by atoms with E-state index < -0.39 is 32.6 Å². The highest BCUT2D eigenvalue weighted by Crippen LogP contribution is 2.32. The first-order chi connectivity index (χ1) is 19.1. The molecule has 0 bridgehead atoms. The summed E-state index contributed by atoms with van der Waals surface area (Å²) in [6.07, 6.45) is 15.1. The highest BCUT2D eigenvalue weighted by Gasteiger charge is 2.26. The number of pyridine rings is 1. The minimum Gasteiger partial charge on any atom is -0.506 e. The molecule has 0 saturated carbocycles. The molecule has 1 aromatic heterocycles. The monoisotopic (exact) mass is 594 g/mol. The molecule has 0 fully saturated rings. The number of halogens is 1. The second-order valence-electron chi connectivity index (χ2n) is 10.2. The highest BCUT2D eigenvalue weighted by atomic mass is 35.5. The van der Waals surface area contributed by atoms with Crippen LogP contribution in [0.15, 0.2) is 35.5 Å². The average molecular weight is 595 g/mol. The fraction of sp³-hybridized carbons (Fsp3) is 0.552. The lowest BCUT2D eigenvalue weighted by molar-refractivity contribution is 0.0939. The van der Waals surface area contributed by atoms with Crippen LogP contribution in [-0.2, 0) is 10.0 Å². The van der Waals surface area contributed by atoms with Gasteiger partial charge in [0.1, 0.15) is 5.75 Å². The molecular weight excluding hydrogens is 552 g/mol. The number of nitrogens with two attached hydrogens (primary N) is 1. The van der Waals surface area contributed by atoms with Crippen LogP contribution in [0.2, 0.25) is 5.02 Å². The smallest absolute Gasteiger partial charge is 0.280 e. The van der Waals surface area contributed by atoms with E-state index in [-0.39, 0.29) is 21.8 Å². The second kappa shape index (κ2) is 17.1. The van der Waals surface area contributed by atoms with Crippen LogP contribution in [0.5, 0.6) is 5.75 Å². The minimum absolute atomic E-state index is 0.0979. The summed E-state index contributed by atoms with van der Waals surface area (Å²) < 4.78 is 28.7. The van der Waals surface area contributed by atoms with Crippen LogP contribution in [0.3, 0.4) is 0 Å². The van der Waals surface area contributed by atoms with Crippen molar-refractivity contribution in [3.63, 3.8) is 0 Å². The van der Waals surface area contributed by atoms with Gasteiger partial charge in [0.15, 0.2) is 5.03 Å². The summed E-state index contributed by atoms with van der Waals surface area (Å²) in [5.74, 6) is -1.76. The van der Waals surface area contributed by atoms with Crippen molar-refractivity contribution >= 4 is 39.1 Å². The van der Waals surface area contributed by atoms with E-state index in [1.54, 1.807) is 0 Å². The fourth-order valence-electron chi connectivity index (χ4n) is 4.58. The largest absolute Gasteiger partial charge is 0.506 e. The molecule has 1 heterocycles. The second-order valence-corrected chi connectivity index (χ2v) is 12.2. The number of nitrogens with zero attached hydrogens (tertiary/aromatic N) is 1. The van der Waals surface area contributed by atoms with E-state index in [9.17, 15) is 23.1 Å². The third-order valence-corrected chi connectivity index (χ3v) is 8.46. The van der Waals surface area contributed by atoms with Gasteiger partial charge in [0.05, 0.1) is 21.8 Å². The fourth-order valence-corrected chi connectivity index (χ4v) is 5.97. The number of rotatable bonds is 19. The van der Waals surface area contributed by atoms with Gasteiger partial charge in [-0.2, -0.15) is 8.42 Å². The van der Waals surface area contributed by atoms with Gasteiger partial charge in [-0.15, -0.1) is 0 Å². The van der Waals surface area contributed by atoms with Crippen molar-refractivity contribution in [1.82, 2.24) is 10.3 Å². The summed E-state index contributed by atoms with van der Waals surface area (Å²) in [6.45, 7) is 4.83. The van der Waals surface area contributed by atoms with Crippen molar-refractivity contribution < 1.29 is 23.1 Å². The van der Waals surface area contributed by atoms with E-state index in [1.807, 2.05) is 0 Å². The Hall–Kier alpha value is -2.85. The quantitative estimate of drug-likeness (QED) is 0.109. The van der Waals surface area contributed by atoms with Crippen LogP contribution in [-0.4, -0.2) is 36.9 Å². The predicted molar refractivity (Wildman–Crippen MR) is 159 cm³/mol. The maximum Gasteiger partial charge on any atom is 0.280 e. The summed E-state index contributed by atoms with van der Waals surface area (Å²) >= 11 is 5.94. The first-order valence-corrected chi connectivity index (χ1v) is 16.0. The number of nitrogens with one attached hydrogen (secondary N) is 2. The van der Waals surface area contributed by atoms with Crippen LogP contribution in [0.1, 0.15) is 112 Å². The van der Waals surface area contributed by atoms with E-state index in [4.69, 9.17) is 17.3 Å². The number of aromatic nitrogens is 1. The molecule has 0 aliphatic rings. The SMILES string of the molecule is CCCCCCCCC(CCCCCC)CNC(=O)c1cccnc1S(=O)(=O)Nc1cc(Cl)c(O)c(C(N)=O)c1. The first kappa shape index (κ1) is 33.4. The minimum atomic E-state index is -4.36. The lowest BCUT2D eigenvalue weighted by atomic mass is 9.94. The van der Waals surface area contributed by atoms with Gasteiger partial charge < -0.3 is 16.2 Å². The van der Waals surface area contributed by atoms with Crippen molar-refractivity contribution in [2.75, 3.05) is 11.3 Å². The molecule has 40 heavy (non-hydrogen) atoms. The van der Waals surface area contributed by atoms with E-state index >= 15 is 0 Å². The van der Waals surface area contributed by atoms with Crippen molar-refractivity contribution in [2.45, 2.75) is 95.9 Å². The third-order valence-electron chi connectivity index (χ3n) is 6.83. The summed E-state index contributed by atoms with van der Waals surface area (Å²) in [5, 5.41) is 12.1. The summed E-state index contributed by atoms with van der Waals surface area (Å²) in [4.78, 5) is 28.8. The van der Waals surface area contributed by atoms with E-state index in [0.717, 1.165) is 50.7 Å². The van der Waals surface area contributed by atoms with Crippen LogP contribution in [0.25, 0.3) is 0 Å². The Morgan fingerprint density at radius 2 is 1.57 bits per heavy atom. The number of unbranched alkanes of at least 4 members (excludes halogenated alkanes) is 8. The standard InChI is InChI=1S/C29H43ClN4O5S/c1-3-5-7-9-10-12-15-21(14-11-8-6-4-2)20-33-28(37)23-16-13-17-32-29(23)40(38,39)34-22-18-24(27(31)36)26(35)25(30)19-22/h13,16-19,21,34-35H,3-12,14-15,20H2,1-2H3,(H2,31,36)(H,33,37). The molecule has 1 unspecified atom stereocenters. The van der Waals surface area contributed by atoms with Gasteiger partial charge in [0, 0.05) is 12.7 Å². The molecule has 2 rings (SSSR count). The van der Waals surface area contributed by atoms with Gasteiger partial charge in [-0.1, -0.05) is 89.7 Å². The molecule has 5 N–H and O–H groups in total. The van der Waals surface area contributed by atoms with E-state index in [0.29, 0.717) is 12.5 Å². The maximum absolute atomic E-state index is 13.2. The van der Waals surface area contributed by atoms with Gasteiger partial charge in [-0.3, -0.25) is 14.3 Å². The van der Waals surface area contributed by atoms with Gasteiger partial charge in [-0.05, 0) is 43.0 Å². The topological polar surface area (TPSA) is 151 Å². The zero-order valence-corrected chi connectivity index (χ0v) is 25.1. The summed E-state index contributed by atoms with van der Waals surface area (Å²) in [6, 6.07) is 5.10. The number of carbonyl (C=O) groups is 2. The van der Waals surface area contributed by atoms with E-state index in [1.165, 1.54) is 56.9 Å². The van der Waals surface area contributed by atoms with Crippen LogP contribution in [0, 0.1) is 5.92 Å². The molecule has 2 amide bonds. The maximum atomic E-state index is 13.2. The number of hydrogen-bond acceptors (Lipinski definition) is 6. The molecule has 0 aliphatic heterocycles. The Labute approximate surface area is 243 Å². The number of benzene rings is 1. The average Bonchev–Trinajstić information content (AvgIpc) is 2.92. The first-order valence-electron chi connectivity index (χ1n) is 14.2. The van der Waals surface area contributed by atoms with Gasteiger partial charge in [0.2, 0.25) is 0 Å². The third kappa shape index (κ3) is 10.6. The Morgan fingerprint density at radius 3 is 2.20 bits per heavy atom. The van der Waals surface area contributed by atoms with Crippen LogP contribution in [0.4, 0.5) is 5.69 Å². The number of carbonyl (C=O) groups excluding carboxylic acids is 2. The zero-order valence-electron chi connectivity index (χ0n) is 23.5. The number of hydrogen-bond donors (Lipinski definition) is 4. The zero-order chi connectivity index (χ0) is 29.5. The molecule has 0 spiro atoms. The normalized spacial score (nSPS) is 12.2. The molecule has 11 heteroatoms. The number of anilines is 1. The number of phenols is 1. The highest BCUT2D eigenvalue weighted by molar-refractivity contribution is 7.92. The molecule has 1 aromatic carbocycles. The lowest BCUT2D eigenvalue weighted by Crippen LogP contribution is -2.31. The molecule has 0 saturated heterocycles. The number of aromatic hydroxyl groups is 1. The number of sulfonamides is 1. The van der Waals surface area contributed by atoms with Gasteiger partial charge >= 0.3 is 0 Å². The Bertz CT molecular complexity index is 1220. The van der Waals surface area contributed by atoms with Crippen LogP contribution >= 0.6 is 11.6 Å². The Balaban J connectivity index is 2.13. The molecule has 0 radical (unpaired) electrons. The molecule has 0 aliphatic carbocycles. The number of primary amides is 1.